The minimum absolute atomic E-state index is 0.174. The lowest BCUT2D eigenvalue weighted by Gasteiger charge is -2.05. The van der Waals surface area contributed by atoms with Crippen LogP contribution in [-0.4, -0.2) is 16.1 Å². The van der Waals surface area contributed by atoms with E-state index in [-0.39, 0.29) is 5.91 Å². The minimum Gasteiger partial charge on any atom is -0.305 e. The average molecular weight is 294 g/mol. The molecule has 0 aliphatic rings. The van der Waals surface area contributed by atoms with Crippen molar-refractivity contribution in [2.45, 2.75) is 13.8 Å². The highest BCUT2D eigenvalue weighted by molar-refractivity contribution is 9.10. The number of hydrogen-bond acceptors (Lipinski definition) is 2. The summed E-state index contributed by atoms with van der Waals surface area (Å²) in [5.41, 5.74) is 2.55. The van der Waals surface area contributed by atoms with Crippen LogP contribution in [0, 0.1) is 13.8 Å². The van der Waals surface area contributed by atoms with E-state index in [1.165, 1.54) is 0 Å². The first-order valence-corrected chi connectivity index (χ1v) is 5.95. The second-order valence-corrected chi connectivity index (χ2v) is 4.73. The maximum atomic E-state index is 12.0. The fourth-order valence-corrected chi connectivity index (χ4v) is 1.91. The van der Waals surface area contributed by atoms with E-state index < -0.39 is 0 Å². The number of H-pyrrole nitrogens is 1. The van der Waals surface area contributed by atoms with Crippen molar-refractivity contribution in [1.29, 1.82) is 0 Å². The molecule has 1 amide bonds. The van der Waals surface area contributed by atoms with Crippen LogP contribution in [-0.2, 0) is 0 Å². The molecule has 2 N–H and O–H groups in total. The van der Waals surface area contributed by atoms with Crippen molar-refractivity contribution in [3.8, 4) is 0 Å². The van der Waals surface area contributed by atoms with Crippen molar-refractivity contribution in [3.63, 3.8) is 0 Å². The Kier molecular flexibility index (Phi) is 3.28. The maximum Gasteiger partial charge on any atom is 0.258 e. The molecule has 2 rings (SSSR count). The molecule has 88 valence electrons. The van der Waals surface area contributed by atoms with Gasteiger partial charge in [-0.3, -0.25) is 9.89 Å². The summed E-state index contributed by atoms with van der Waals surface area (Å²) < 4.78 is 0.771. The number of aromatic amines is 1. The monoisotopic (exact) mass is 293 g/mol. The van der Waals surface area contributed by atoms with E-state index in [4.69, 9.17) is 0 Å². The normalized spacial score (nSPS) is 10.3. The third kappa shape index (κ3) is 2.74. The van der Waals surface area contributed by atoms with Gasteiger partial charge >= 0.3 is 0 Å². The molecule has 1 aromatic carbocycles. The summed E-state index contributed by atoms with van der Waals surface area (Å²) in [6.45, 7) is 3.83. The van der Waals surface area contributed by atoms with Crippen LogP contribution in [0.15, 0.2) is 28.7 Å². The number of hydrogen-bond donors (Lipinski definition) is 2. The first-order chi connectivity index (χ1) is 8.06. The number of halogens is 1. The molecule has 0 atom stereocenters. The van der Waals surface area contributed by atoms with E-state index in [0.717, 1.165) is 15.7 Å². The zero-order valence-electron chi connectivity index (χ0n) is 9.54. The average Bonchev–Trinajstić information content (AvgIpc) is 2.67. The first kappa shape index (κ1) is 11.9. The van der Waals surface area contributed by atoms with Gasteiger partial charge in [0.05, 0.1) is 5.56 Å². The van der Waals surface area contributed by atoms with Gasteiger partial charge in [0.1, 0.15) is 0 Å². The summed E-state index contributed by atoms with van der Waals surface area (Å²) in [5, 5.41) is 9.47. The van der Waals surface area contributed by atoms with Crippen molar-refractivity contribution >= 4 is 27.7 Å². The number of rotatable bonds is 2. The predicted molar refractivity (Wildman–Crippen MR) is 70.2 cm³/mol. The van der Waals surface area contributed by atoms with Gasteiger partial charge < -0.3 is 5.32 Å². The topological polar surface area (TPSA) is 57.8 Å². The lowest BCUT2D eigenvalue weighted by Crippen LogP contribution is -2.13. The van der Waals surface area contributed by atoms with Gasteiger partial charge in [-0.2, -0.15) is 5.10 Å². The molecule has 0 aliphatic heterocycles. The third-order valence-electron chi connectivity index (χ3n) is 2.31. The lowest BCUT2D eigenvalue weighted by molar-refractivity contribution is 0.102. The highest BCUT2D eigenvalue weighted by Gasteiger charge is 2.11. The Labute approximate surface area is 108 Å². The summed E-state index contributed by atoms with van der Waals surface area (Å²) >= 11 is 3.36. The molecule has 1 aromatic heterocycles. The Morgan fingerprint density at radius 2 is 2.12 bits per heavy atom. The number of nitrogens with one attached hydrogen (secondary N) is 2. The van der Waals surface area contributed by atoms with Crippen molar-refractivity contribution < 1.29 is 4.79 Å². The number of aryl methyl sites for hydroxylation is 2. The highest BCUT2D eigenvalue weighted by atomic mass is 79.9. The fourth-order valence-electron chi connectivity index (χ4n) is 1.48. The van der Waals surface area contributed by atoms with E-state index >= 15 is 0 Å². The van der Waals surface area contributed by atoms with E-state index in [1.54, 1.807) is 6.07 Å². The van der Waals surface area contributed by atoms with Crippen molar-refractivity contribution in [2.75, 3.05) is 5.32 Å². The fraction of sp³-hybridized carbons (Fsp3) is 0.167. The molecule has 0 fully saturated rings. The highest BCUT2D eigenvalue weighted by Crippen LogP contribution is 2.19. The molecule has 0 saturated heterocycles. The van der Waals surface area contributed by atoms with Gasteiger partial charge in [-0.25, -0.2) is 0 Å². The number of benzene rings is 1. The van der Waals surface area contributed by atoms with E-state index in [9.17, 15) is 4.79 Å². The molecular formula is C12H12BrN3O. The lowest BCUT2D eigenvalue weighted by atomic mass is 10.1. The van der Waals surface area contributed by atoms with Gasteiger partial charge in [0, 0.05) is 16.2 Å². The van der Waals surface area contributed by atoms with Crippen LogP contribution in [0.4, 0.5) is 5.82 Å². The van der Waals surface area contributed by atoms with Gasteiger partial charge in [0.25, 0.3) is 5.91 Å². The molecule has 0 saturated carbocycles. The number of amides is 1. The van der Waals surface area contributed by atoms with E-state index in [0.29, 0.717) is 11.4 Å². The molecule has 2 aromatic rings. The Morgan fingerprint density at radius 3 is 2.76 bits per heavy atom. The molecule has 5 heteroatoms. The SMILES string of the molecule is Cc1ccc(Br)c(C(=O)Nc2cc(C)[nH]n2)c1. The van der Waals surface area contributed by atoms with Gasteiger partial charge in [0.2, 0.25) is 0 Å². The largest absolute Gasteiger partial charge is 0.305 e. The Morgan fingerprint density at radius 1 is 1.35 bits per heavy atom. The first-order valence-electron chi connectivity index (χ1n) is 5.16. The summed E-state index contributed by atoms with van der Waals surface area (Å²) in [6, 6.07) is 7.42. The van der Waals surface area contributed by atoms with Crippen LogP contribution in [0.25, 0.3) is 0 Å². The molecule has 0 aliphatic carbocycles. The van der Waals surface area contributed by atoms with Crippen molar-refractivity contribution in [1.82, 2.24) is 10.2 Å². The molecule has 4 nitrogen and oxygen atoms in total. The van der Waals surface area contributed by atoms with Crippen LogP contribution in [0.1, 0.15) is 21.6 Å². The van der Waals surface area contributed by atoms with Crippen molar-refractivity contribution in [3.05, 3.63) is 45.6 Å². The van der Waals surface area contributed by atoms with Crippen LogP contribution in [0.3, 0.4) is 0 Å². The van der Waals surface area contributed by atoms with Gasteiger partial charge in [-0.05, 0) is 41.9 Å². The standard InChI is InChI=1S/C12H12BrN3O/c1-7-3-4-10(13)9(5-7)12(17)14-11-6-8(2)15-16-11/h3-6H,1-2H3,(H2,14,15,16,17). The zero-order valence-corrected chi connectivity index (χ0v) is 11.1. The molecular weight excluding hydrogens is 282 g/mol. The quantitative estimate of drug-likeness (QED) is 0.894. The summed E-state index contributed by atoms with van der Waals surface area (Å²) in [4.78, 5) is 12.0. The number of anilines is 1. The Balaban J connectivity index is 2.22. The molecule has 0 radical (unpaired) electrons. The number of carbonyl (C=O) groups excluding carboxylic acids is 1. The minimum atomic E-state index is -0.174. The van der Waals surface area contributed by atoms with Crippen LogP contribution < -0.4 is 5.32 Å². The predicted octanol–water partition coefficient (Wildman–Crippen LogP) is 3.04. The third-order valence-corrected chi connectivity index (χ3v) is 3.01. The Bertz CT molecular complexity index is 563. The number of aromatic nitrogens is 2. The zero-order chi connectivity index (χ0) is 12.4. The van der Waals surface area contributed by atoms with Gasteiger partial charge in [0.15, 0.2) is 5.82 Å². The Hall–Kier alpha value is -1.62. The van der Waals surface area contributed by atoms with Crippen LogP contribution in [0.2, 0.25) is 0 Å². The smallest absolute Gasteiger partial charge is 0.258 e. The second kappa shape index (κ2) is 4.71. The van der Waals surface area contributed by atoms with Gasteiger partial charge in [-0.15, -0.1) is 0 Å². The summed E-state index contributed by atoms with van der Waals surface area (Å²) in [7, 11) is 0. The molecule has 0 unspecified atom stereocenters. The molecule has 0 spiro atoms. The summed E-state index contributed by atoms with van der Waals surface area (Å²) in [5.74, 6) is 0.355. The van der Waals surface area contributed by atoms with Crippen LogP contribution >= 0.6 is 15.9 Å². The number of nitrogens with zero attached hydrogens (tertiary/aromatic N) is 1. The van der Waals surface area contributed by atoms with Crippen molar-refractivity contribution in [2.24, 2.45) is 0 Å². The van der Waals surface area contributed by atoms with E-state index in [2.05, 4.69) is 31.4 Å². The second-order valence-electron chi connectivity index (χ2n) is 3.87. The van der Waals surface area contributed by atoms with E-state index in [1.807, 2.05) is 32.0 Å². The molecule has 0 bridgehead atoms. The maximum absolute atomic E-state index is 12.0. The number of carbonyl (C=O) groups is 1. The van der Waals surface area contributed by atoms with Gasteiger partial charge in [-0.1, -0.05) is 11.6 Å². The molecule has 17 heavy (non-hydrogen) atoms. The summed E-state index contributed by atoms with van der Waals surface area (Å²) in [6.07, 6.45) is 0. The van der Waals surface area contributed by atoms with Crippen LogP contribution in [0.5, 0.6) is 0 Å². The molecule has 1 heterocycles.